The lowest BCUT2D eigenvalue weighted by atomic mass is 9.89. The number of hydrogen-bond acceptors (Lipinski definition) is 8. The molecule has 0 saturated heterocycles. The van der Waals surface area contributed by atoms with Gasteiger partial charge in [0.05, 0.1) is 22.9 Å². The van der Waals surface area contributed by atoms with E-state index < -0.39 is 41.3 Å². The number of rotatable bonds is 5. The van der Waals surface area contributed by atoms with Crippen molar-refractivity contribution in [2.24, 2.45) is 5.73 Å². The first-order chi connectivity index (χ1) is 17.2. The summed E-state index contributed by atoms with van der Waals surface area (Å²) in [7, 11) is 1.36. The lowest BCUT2D eigenvalue weighted by Crippen LogP contribution is -2.38. The predicted molar refractivity (Wildman–Crippen MR) is 121 cm³/mol. The fourth-order valence-electron chi connectivity index (χ4n) is 3.85. The molecule has 3 heterocycles. The highest BCUT2D eigenvalue weighted by molar-refractivity contribution is 6.05. The average Bonchev–Trinajstić information content (AvgIpc) is 3.31. The third-order valence-corrected chi connectivity index (χ3v) is 5.89. The van der Waals surface area contributed by atoms with Crippen molar-refractivity contribution >= 4 is 23.6 Å². The van der Waals surface area contributed by atoms with Crippen molar-refractivity contribution in [3.05, 3.63) is 59.1 Å². The van der Waals surface area contributed by atoms with Crippen LogP contribution in [0.15, 0.2) is 30.9 Å². The van der Waals surface area contributed by atoms with E-state index in [1.54, 1.807) is 6.92 Å². The quantitative estimate of drug-likeness (QED) is 0.522. The van der Waals surface area contributed by atoms with Crippen molar-refractivity contribution in [3.63, 3.8) is 0 Å². The normalized spacial score (nSPS) is 15.3. The minimum absolute atomic E-state index is 0.00513. The summed E-state index contributed by atoms with van der Waals surface area (Å²) >= 11 is 0. The number of nitrogens with two attached hydrogens (primary N) is 1. The standard InChI is InChI=1S/C22H21F3N8O4/c1-10(18-29-9-30-33(18)15-7-14(17(26)34)27-8-28-15)32(4)19(35)12-5-11(22(23,24)25)6-13-16(12)31-20(36)37-21(13,2)3/h5-10H,1-4H3,(H2,26,34)(H,31,36)/t10-/m0/s1. The largest absolute Gasteiger partial charge is 0.438 e. The number of carbonyl (C=O) groups is 3. The van der Waals surface area contributed by atoms with Gasteiger partial charge in [-0.3, -0.25) is 14.9 Å². The SMILES string of the molecule is C[C@@H](c1ncnn1-c1cc(C(N)=O)ncn1)N(C)C(=O)c1cc(C(F)(F)F)cc2c1NC(=O)OC2(C)C. The van der Waals surface area contributed by atoms with E-state index in [1.165, 1.54) is 38.0 Å². The molecule has 0 bridgehead atoms. The number of fused-ring (bicyclic) bond motifs is 1. The Morgan fingerprint density at radius 1 is 1.16 bits per heavy atom. The van der Waals surface area contributed by atoms with Crippen LogP contribution in [0, 0.1) is 0 Å². The average molecular weight is 518 g/mol. The number of halogens is 3. The van der Waals surface area contributed by atoms with Gasteiger partial charge in [0.1, 0.15) is 23.9 Å². The Bertz CT molecular complexity index is 1420. The Morgan fingerprint density at radius 2 is 1.86 bits per heavy atom. The summed E-state index contributed by atoms with van der Waals surface area (Å²) in [5.41, 5.74) is 2.21. The lowest BCUT2D eigenvalue weighted by molar-refractivity contribution is -0.137. The lowest BCUT2D eigenvalue weighted by Gasteiger charge is -2.35. The number of benzene rings is 1. The van der Waals surface area contributed by atoms with E-state index in [0.717, 1.165) is 17.3 Å². The fraction of sp³-hybridized carbons (Fsp3) is 0.318. The Labute approximate surface area is 207 Å². The second kappa shape index (κ2) is 8.83. The van der Waals surface area contributed by atoms with E-state index in [4.69, 9.17) is 10.5 Å². The molecule has 0 radical (unpaired) electrons. The first-order valence-corrected chi connectivity index (χ1v) is 10.8. The van der Waals surface area contributed by atoms with Crippen molar-refractivity contribution in [3.8, 4) is 5.82 Å². The molecule has 37 heavy (non-hydrogen) atoms. The van der Waals surface area contributed by atoms with E-state index in [9.17, 15) is 27.6 Å². The van der Waals surface area contributed by atoms with Gasteiger partial charge >= 0.3 is 12.3 Å². The number of anilines is 1. The first kappa shape index (κ1) is 25.5. The van der Waals surface area contributed by atoms with Gasteiger partial charge in [0, 0.05) is 18.7 Å². The number of alkyl halides is 3. The molecule has 3 N–H and O–H groups in total. The van der Waals surface area contributed by atoms with E-state index in [-0.39, 0.29) is 34.2 Å². The van der Waals surface area contributed by atoms with E-state index in [2.05, 4.69) is 25.4 Å². The van der Waals surface area contributed by atoms with Crippen LogP contribution in [-0.2, 0) is 16.5 Å². The highest BCUT2D eigenvalue weighted by Gasteiger charge is 2.41. The van der Waals surface area contributed by atoms with Crippen molar-refractivity contribution in [2.75, 3.05) is 12.4 Å². The predicted octanol–water partition coefficient (Wildman–Crippen LogP) is 2.81. The number of hydrogen-bond donors (Lipinski definition) is 2. The van der Waals surface area contributed by atoms with Crippen LogP contribution in [0.2, 0.25) is 0 Å². The van der Waals surface area contributed by atoms with Gasteiger partial charge in [-0.25, -0.2) is 19.7 Å². The summed E-state index contributed by atoms with van der Waals surface area (Å²) in [5, 5.41) is 6.43. The van der Waals surface area contributed by atoms with Gasteiger partial charge in [0.25, 0.3) is 11.8 Å². The minimum Gasteiger partial charge on any atom is -0.438 e. The molecule has 0 aliphatic carbocycles. The van der Waals surface area contributed by atoms with Gasteiger partial charge in [-0.05, 0) is 32.9 Å². The molecule has 2 aromatic heterocycles. The van der Waals surface area contributed by atoms with Gasteiger partial charge < -0.3 is 15.4 Å². The van der Waals surface area contributed by atoms with Crippen LogP contribution in [0.4, 0.5) is 23.7 Å². The van der Waals surface area contributed by atoms with Crippen LogP contribution < -0.4 is 11.1 Å². The summed E-state index contributed by atoms with van der Waals surface area (Å²) < 4.78 is 47.6. The smallest absolute Gasteiger partial charge is 0.416 e. The van der Waals surface area contributed by atoms with E-state index >= 15 is 0 Å². The van der Waals surface area contributed by atoms with Crippen molar-refractivity contribution in [1.82, 2.24) is 29.6 Å². The molecule has 1 aromatic carbocycles. The zero-order valence-electron chi connectivity index (χ0n) is 20.0. The summed E-state index contributed by atoms with van der Waals surface area (Å²) in [6, 6.07) is 1.95. The van der Waals surface area contributed by atoms with Gasteiger partial charge in [0.2, 0.25) is 0 Å². The maximum absolute atomic E-state index is 13.7. The molecule has 3 amide bonds. The third-order valence-electron chi connectivity index (χ3n) is 5.89. The second-order valence-electron chi connectivity index (χ2n) is 8.72. The number of ether oxygens (including phenoxy) is 1. The van der Waals surface area contributed by atoms with Crippen LogP contribution in [0.3, 0.4) is 0 Å². The maximum atomic E-state index is 13.7. The number of primary amides is 1. The van der Waals surface area contributed by atoms with Crippen LogP contribution in [-0.4, -0.2) is 54.6 Å². The van der Waals surface area contributed by atoms with Gasteiger partial charge in [0.15, 0.2) is 11.6 Å². The molecular formula is C22H21F3N8O4. The summed E-state index contributed by atoms with van der Waals surface area (Å²) in [6.07, 6.45) is -3.39. The Kier molecular flexibility index (Phi) is 6.09. The number of carbonyl (C=O) groups excluding carboxylic acids is 3. The van der Waals surface area contributed by atoms with Gasteiger partial charge in [-0.1, -0.05) is 0 Å². The number of nitrogens with one attached hydrogen (secondary N) is 1. The topological polar surface area (TPSA) is 158 Å². The molecule has 3 aromatic rings. The van der Waals surface area contributed by atoms with Crippen LogP contribution in [0.25, 0.3) is 5.82 Å². The molecule has 1 aliphatic heterocycles. The highest BCUT2D eigenvalue weighted by Crippen LogP contribution is 2.42. The number of nitrogens with zero attached hydrogens (tertiary/aromatic N) is 6. The van der Waals surface area contributed by atoms with Gasteiger partial charge in [-0.2, -0.15) is 23.0 Å². The van der Waals surface area contributed by atoms with Crippen LogP contribution >= 0.6 is 0 Å². The molecule has 1 atom stereocenters. The van der Waals surface area contributed by atoms with E-state index in [0.29, 0.717) is 6.07 Å². The molecule has 0 spiro atoms. The molecule has 4 rings (SSSR count). The molecular weight excluding hydrogens is 497 g/mol. The third kappa shape index (κ3) is 4.66. The number of aromatic nitrogens is 5. The van der Waals surface area contributed by atoms with Crippen LogP contribution in [0.1, 0.15) is 64.6 Å². The molecule has 1 aliphatic rings. The Hall–Kier alpha value is -4.56. The fourth-order valence-corrected chi connectivity index (χ4v) is 3.85. The van der Waals surface area contributed by atoms with Crippen molar-refractivity contribution < 1.29 is 32.3 Å². The molecule has 15 heteroatoms. The number of cyclic esters (lactones) is 1. The highest BCUT2D eigenvalue weighted by atomic mass is 19.4. The maximum Gasteiger partial charge on any atom is 0.416 e. The zero-order valence-corrected chi connectivity index (χ0v) is 20.0. The molecule has 0 saturated carbocycles. The van der Waals surface area contributed by atoms with Crippen LogP contribution in [0.5, 0.6) is 0 Å². The monoisotopic (exact) mass is 518 g/mol. The minimum atomic E-state index is -4.77. The zero-order chi connectivity index (χ0) is 27.3. The summed E-state index contributed by atoms with van der Waals surface area (Å²) in [5.74, 6) is -1.32. The first-order valence-electron chi connectivity index (χ1n) is 10.8. The summed E-state index contributed by atoms with van der Waals surface area (Å²) in [6.45, 7) is 4.42. The molecule has 12 nitrogen and oxygen atoms in total. The number of amides is 3. The van der Waals surface area contributed by atoms with Gasteiger partial charge in [-0.15, -0.1) is 0 Å². The molecule has 0 fully saturated rings. The summed E-state index contributed by atoms with van der Waals surface area (Å²) in [4.78, 5) is 50.3. The van der Waals surface area contributed by atoms with Crippen molar-refractivity contribution in [2.45, 2.75) is 38.6 Å². The molecule has 194 valence electrons. The Morgan fingerprint density at radius 3 is 2.51 bits per heavy atom. The van der Waals surface area contributed by atoms with Crippen molar-refractivity contribution in [1.29, 1.82) is 0 Å². The second-order valence-corrected chi connectivity index (χ2v) is 8.72. The molecule has 0 unspecified atom stereocenters. The van der Waals surface area contributed by atoms with E-state index in [1.807, 2.05) is 0 Å². The Balaban J connectivity index is 1.77.